The number of hydrogen-bond donors (Lipinski definition) is 1. The normalized spacial score (nSPS) is 10.9. The van der Waals surface area contributed by atoms with Gasteiger partial charge >= 0.3 is 0 Å². The average molecular weight is 242 g/mol. The maximum absolute atomic E-state index is 5.99. The Bertz CT molecular complexity index is 350. The van der Waals surface area contributed by atoms with E-state index < -0.39 is 0 Å². The quantitative estimate of drug-likeness (QED) is 0.632. The van der Waals surface area contributed by atoms with Crippen LogP contribution in [0.3, 0.4) is 0 Å². The van der Waals surface area contributed by atoms with E-state index in [0.717, 1.165) is 30.3 Å². The smallest absolute Gasteiger partial charge is 0.137 e. The summed E-state index contributed by atoms with van der Waals surface area (Å²) in [6.45, 7) is 9.19. The molecule has 4 heteroatoms. The van der Waals surface area contributed by atoms with E-state index in [9.17, 15) is 0 Å². The summed E-state index contributed by atoms with van der Waals surface area (Å²) in [4.78, 5) is 8.45. The molecule has 16 heavy (non-hydrogen) atoms. The fourth-order valence-corrected chi connectivity index (χ4v) is 1.70. The fourth-order valence-electron chi connectivity index (χ4n) is 1.48. The highest BCUT2D eigenvalue weighted by Crippen LogP contribution is 2.19. The van der Waals surface area contributed by atoms with E-state index in [4.69, 9.17) is 11.6 Å². The molecule has 0 atom stereocenters. The van der Waals surface area contributed by atoms with Crippen LogP contribution in [-0.4, -0.2) is 16.5 Å². The first-order valence-electron chi connectivity index (χ1n) is 5.75. The lowest BCUT2D eigenvalue weighted by atomic mass is 10.1. The topological polar surface area (TPSA) is 37.8 Å². The van der Waals surface area contributed by atoms with Crippen molar-refractivity contribution in [3.05, 3.63) is 16.5 Å². The Morgan fingerprint density at radius 2 is 1.94 bits per heavy atom. The molecular formula is C12H20ClN3. The van der Waals surface area contributed by atoms with E-state index in [1.54, 1.807) is 0 Å². The minimum Gasteiger partial charge on any atom is -0.370 e. The van der Waals surface area contributed by atoms with Gasteiger partial charge in [-0.05, 0) is 32.6 Å². The average Bonchev–Trinajstić information content (AvgIpc) is 2.19. The zero-order valence-electron chi connectivity index (χ0n) is 10.5. The van der Waals surface area contributed by atoms with E-state index in [-0.39, 0.29) is 0 Å². The summed E-state index contributed by atoms with van der Waals surface area (Å²) >= 11 is 5.99. The molecule has 1 aromatic heterocycles. The van der Waals surface area contributed by atoms with Gasteiger partial charge in [-0.3, -0.25) is 0 Å². The fraction of sp³-hybridized carbons (Fsp3) is 0.667. The minimum absolute atomic E-state index is 0.541. The lowest BCUT2D eigenvalue weighted by molar-refractivity contribution is 0.566. The van der Waals surface area contributed by atoms with Gasteiger partial charge in [0.25, 0.3) is 0 Å². The molecule has 1 N–H and O–H groups in total. The third-order valence-corrected chi connectivity index (χ3v) is 2.82. The zero-order valence-corrected chi connectivity index (χ0v) is 11.2. The van der Waals surface area contributed by atoms with E-state index in [0.29, 0.717) is 11.0 Å². The number of nitrogens with zero attached hydrogens (tertiary/aromatic N) is 2. The second-order valence-electron chi connectivity index (χ2n) is 4.50. The summed E-state index contributed by atoms with van der Waals surface area (Å²) < 4.78 is 0. The molecule has 3 nitrogen and oxygen atoms in total. The number of anilines is 1. The first-order chi connectivity index (χ1) is 7.50. The van der Waals surface area contributed by atoms with Crippen LogP contribution >= 0.6 is 11.6 Å². The molecule has 0 radical (unpaired) electrons. The SMILES string of the molecule is Cc1nc(Cl)c(C)c(NCCCC(C)C)n1. The third kappa shape index (κ3) is 3.97. The molecule has 90 valence electrons. The van der Waals surface area contributed by atoms with Crippen LogP contribution in [0.1, 0.15) is 38.1 Å². The third-order valence-electron chi connectivity index (χ3n) is 2.45. The molecule has 0 amide bonds. The lowest BCUT2D eigenvalue weighted by Gasteiger charge is -2.10. The van der Waals surface area contributed by atoms with Crippen LogP contribution in [0.15, 0.2) is 0 Å². The molecule has 1 heterocycles. The van der Waals surface area contributed by atoms with Gasteiger partial charge in [0, 0.05) is 12.1 Å². The standard InChI is InChI=1S/C12H20ClN3/c1-8(2)6-5-7-14-12-9(3)11(13)15-10(4)16-12/h8H,5-7H2,1-4H3,(H,14,15,16). The highest BCUT2D eigenvalue weighted by molar-refractivity contribution is 6.30. The summed E-state index contributed by atoms with van der Waals surface area (Å²) in [7, 11) is 0. The van der Waals surface area contributed by atoms with E-state index >= 15 is 0 Å². The van der Waals surface area contributed by atoms with E-state index in [2.05, 4.69) is 29.1 Å². The monoisotopic (exact) mass is 241 g/mol. The van der Waals surface area contributed by atoms with Gasteiger partial charge in [-0.25, -0.2) is 9.97 Å². The molecule has 0 spiro atoms. The summed E-state index contributed by atoms with van der Waals surface area (Å²) in [6.07, 6.45) is 2.38. The number of aromatic nitrogens is 2. The number of hydrogen-bond acceptors (Lipinski definition) is 3. The summed E-state index contributed by atoms with van der Waals surface area (Å²) in [5.41, 5.74) is 0.928. The van der Waals surface area contributed by atoms with Crippen LogP contribution in [0.2, 0.25) is 5.15 Å². The number of nitrogens with one attached hydrogen (secondary N) is 1. The lowest BCUT2D eigenvalue weighted by Crippen LogP contribution is -2.08. The summed E-state index contributed by atoms with van der Waals surface area (Å²) in [5, 5.41) is 3.86. The second kappa shape index (κ2) is 6.04. The number of aryl methyl sites for hydroxylation is 1. The second-order valence-corrected chi connectivity index (χ2v) is 4.86. The number of rotatable bonds is 5. The van der Waals surface area contributed by atoms with Gasteiger partial charge in [0.05, 0.1) is 0 Å². The molecule has 0 aliphatic rings. The largest absolute Gasteiger partial charge is 0.370 e. The molecule has 1 aromatic rings. The summed E-state index contributed by atoms with van der Waals surface area (Å²) in [5.74, 6) is 2.32. The van der Waals surface area contributed by atoms with Crippen LogP contribution < -0.4 is 5.32 Å². The van der Waals surface area contributed by atoms with Crippen LogP contribution in [0.25, 0.3) is 0 Å². The molecule has 0 saturated heterocycles. The number of halogens is 1. The molecule has 0 aliphatic heterocycles. The van der Waals surface area contributed by atoms with Crippen molar-refractivity contribution in [1.82, 2.24) is 9.97 Å². The van der Waals surface area contributed by atoms with E-state index in [1.807, 2.05) is 13.8 Å². The predicted molar refractivity (Wildman–Crippen MR) is 69.1 cm³/mol. The van der Waals surface area contributed by atoms with E-state index in [1.165, 1.54) is 6.42 Å². The van der Waals surface area contributed by atoms with Gasteiger partial charge < -0.3 is 5.32 Å². The Kier molecular flexibility index (Phi) is 5.00. The van der Waals surface area contributed by atoms with Gasteiger partial charge in [0.1, 0.15) is 16.8 Å². The molecule has 0 aromatic carbocycles. The maximum atomic E-state index is 5.99. The molecule has 0 aliphatic carbocycles. The van der Waals surface area contributed by atoms with Gasteiger partial charge in [0.2, 0.25) is 0 Å². The Labute approximate surface area is 103 Å². The van der Waals surface area contributed by atoms with Crippen molar-refractivity contribution in [1.29, 1.82) is 0 Å². The van der Waals surface area contributed by atoms with Gasteiger partial charge in [-0.15, -0.1) is 0 Å². The van der Waals surface area contributed by atoms with Crippen molar-refractivity contribution in [3.8, 4) is 0 Å². The van der Waals surface area contributed by atoms with Gasteiger partial charge in [0.15, 0.2) is 0 Å². The van der Waals surface area contributed by atoms with Crippen LogP contribution in [0.4, 0.5) is 5.82 Å². The first-order valence-corrected chi connectivity index (χ1v) is 6.13. The van der Waals surface area contributed by atoms with Crippen molar-refractivity contribution >= 4 is 17.4 Å². The zero-order chi connectivity index (χ0) is 12.1. The molecular weight excluding hydrogens is 222 g/mol. The highest BCUT2D eigenvalue weighted by Gasteiger charge is 2.06. The Hall–Kier alpha value is -0.830. The Morgan fingerprint density at radius 3 is 2.56 bits per heavy atom. The molecule has 0 bridgehead atoms. The molecule has 0 fully saturated rings. The van der Waals surface area contributed by atoms with Gasteiger partial charge in [-0.2, -0.15) is 0 Å². The van der Waals surface area contributed by atoms with Crippen molar-refractivity contribution < 1.29 is 0 Å². The molecule has 0 saturated carbocycles. The van der Waals surface area contributed by atoms with Crippen molar-refractivity contribution in [2.45, 2.75) is 40.5 Å². The van der Waals surface area contributed by atoms with Crippen molar-refractivity contribution in [3.63, 3.8) is 0 Å². The molecule has 0 unspecified atom stereocenters. The van der Waals surface area contributed by atoms with Crippen LogP contribution in [0, 0.1) is 19.8 Å². The predicted octanol–water partition coefficient (Wildman–Crippen LogP) is 3.59. The minimum atomic E-state index is 0.541. The summed E-state index contributed by atoms with van der Waals surface area (Å²) in [6, 6.07) is 0. The van der Waals surface area contributed by atoms with Gasteiger partial charge in [-0.1, -0.05) is 25.4 Å². The van der Waals surface area contributed by atoms with Crippen molar-refractivity contribution in [2.24, 2.45) is 5.92 Å². The Balaban J connectivity index is 2.53. The van der Waals surface area contributed by atoms with Crippen LogP contribution in [0.5, 0.6) is 0 Å². The highest BCUT2D eigenvalue weighted by atomic mass is 35.5. The van der Waals surface area contributed by atoms with Crippen molar-refractivity contribution in [2.75, 3.05) is 11.9 Å². The Morgan fingerprint density at radius 1 is 1.25 bits per heavy atom. The van der Waals surface area contributed by atoms with Crippen LogP contribution in [-0.2, 0) is 0 Å². The maximum Gasteiger partial charge on any atom is 0.137 e. The molecule has 1 rings (SSSR count). The first kappa shape index (κ1) is 13.2.